The number of phenols is 2. The van der Waals surface area contributed by atoms with Gasteiger partial charge in [-0.15, -0.1) is 0 Å². The van der Waals surface area contributed by atoms with Gasteiger partial charge in [-0.2, -0.15) is 5.26 Å². The van der Waals surface area contributed by atoms with E-state index in [0.29, 0.717) is 12.5 Å². The summed E-state index contributed by atoms with van der Waals surface area (Å²) in [6.07, 6.45) is 5.72. The van der Waals surface area contributed by atoms with Crippen LogP contribution in [0.1, 0.15) is 36.9 Å². The molecule has 0 radical (unpaired) electrons. The van der Waals surface area contributed by atoms with E-state index >= 15 is 0 Å². The Kier molecular flexibility index (Phi) is 4.56. The molecule has 0 atom stereocenters. The number of aromatic hydroxyl groups is 2. The van der Waals surface area contributed by atoms with Gasteiger partial charge in [-0.25, -0.2) is 0 Å². The van der Waals surface area contributed by atoms with E-state index in [4.69, 9.17) is 10.2 Å². The molecular weight excluding hydrogens is 328 g/mol. The molecule has 1 aromatic carbocycles. The monoisotopic (exact) mass is 352 g/mol. The lowest BCUT2D eigenvalue weighted by Gasteiger charge is -2.33. The first-order chi connectivity index (χ1) is 12.7. The Morgan fingerprint density at radius 3 is 2.73 bits per heavy atom. The Labute approximate surface area is 153 Å². The van der Waals surface area contributed by atoms with Gasteiger partial charge in [0.2, 0.25) is 0 Å². The number of hydrogen-bond acceptors (Lipinski definition) is 6. The van der Waals surface area contributed by atoms with Crippen LogP contribution in [0.25, 0.3) is 10.9 Å². The van der Waals surface area contributed by atoms with Crippen molar-refractivity contribution in [1.29, 1.82) is 5.26 Å². The maximum atomic E-state index is 9.97. The second kappa shape index (κ2) is 7.00. The largest absolute Gasteiger partial charge is 0.504 e. The number of hydrogen-bond donors (Lipinski definition) is 3. The molecule has 1 aliphatic carbocycles. The van der Waals surface area contributed by atoms with Crippen molar-refractivity contribution >= 4 is 16.6 Å². The van der Waals surface area contributed by atoms with Crippen LogP contribution in [-0.2, 0) is 12.8 Å². The smallest absolute Gasteiger partial charge is 0.159 e. The minimum absolute atomic E-state index is 0.105. The van der Waals surface area contributed by atoms with Crippen molar-refractivity contribution in [3.8, 4) is 17.6 Å². The summed E-state index contributed by atoms with van der Waals surface area (Å²) in [6.45, 7) is 2.84. The third-order valence-corrected chi connectivity index (χ3v) is 5.58. The van der Waals surface area contributed by atoms with Gasteiger partial charge in [-0.1, -0.05) is 0 Å². The number of pyridine rings is 1. The number of aromatic nitrogens is 1. The molecule has 0 unspecified atom stereocenters. The van der Waals surface area contributed by atoms with Crippen LogP contribution in [0.2, 0.25) is 0 Å². The number of piperidine rings is 1. The van der Waals surface area contributed by atoms with Crippen LogP contribution in [0, 0.1) is 11.3 Å². The second-order valence-corrected chi connectivity index (χ2v) is 7.29. The fraction of sp³-hybridized carbons (Fsp3) is 0.500. The number of nitrogens with one attached hydrogen (secondary N) is 1. The number of aryl methyl sites for hydroxylation is 1. The fourth-order valence-corrected chi connectivity index (χ4v) is 4.16. The zero-order valence-electron chi connectivity index (χ0n) is 14.8. The number of anilines is 1. The molecule has 2 aromatic rings. The molecule has 0 bridgehead atoms. The van der Waals surface area contributed by atoms with Crippen LogP contribution in [0.5, 0.6) is 11.5 Å². The number of rotatable bonds is 4. The van der Waals surface area contributed by atoms with Gasteiger partial charge < -0.3 is 20.4 Å². The van der Waals surface area contributed by atoms with Crippen LogP contribution in [0.15, 0.2) is 12.1 Å². The predicted molar refractivity (Wildman–Crippen MR) is 100 cm³/mol. The third kappa shape index (κ3) is 3.15. The van der Waals surface area contributed by atoms with Gasteiger partial charge in [0.05, 0.1) is 11.6 Å². The average Bonchev–Trinajstić information content (AvgIpc) is 3.11. The molecule has 1 aliphatic heterocycles. The summed E-state index contributed by atoms with van der Waals surface area (Å²) < 4.78 is 0. The molecule has 6 nitrogen and oxygen atoms in total. The summed E-state index contributed by atoms with van der Waals surface area (Å²) in [4.78, 5) is 7.05. The standard InChI is InChI=1S/C20H24N4O2/c21-7-2-8-24-9-5-13(6-10-24)22-20-14-3-1-4-16(14)23-17-12-19(26)18(25)11-15(17)20/h11-13,25-26H,1-6,8-10H2,(H,22,23). The van der Waals surface area contributed by atoms with E-state index in [2.05, 4.69) is 16.3 Å². The van der Waals surface area contributed by atoms with Crippen molar-refractivity contribution in [3.05, 3.63) is 23.4 Å². The molecule has 4 rings (SSSR count). The minimum Gasteiger partial charge on any atom is -0.504 e. The van der Waals surface area contributed by atoms with Crippen molar-refractivity contribution in [2.24, 2.45) is 0 Å². The number of nitriles is 1. The Bertz CT molecular complexity index is 866. The normalized spacial score (nSPS) is 18.0. The highest BCUT2D eigenvalue weighted by molar-refractivity contribution is 5.96. The molecule has 0 amide bonds. The van der Waals surface area contributed by atoms with E-state index in [0.717, 1.165) is 74.0 Å². The van der Waals surface area contributed by atoms with Gasteiger partial charge in [0.25, 0.3) is 0 Å². The average molecular weight is 352 g/mol. The van der Waals surface area contributed by atoms with Gasteiger partial charge in [0, 0.05) is 54.9 Å². The molecule has 2 aliphatic rings. The van der Waals surface area contributed by atoms with Crippen molar-refractivity contribution < 1.29 is 10.2 Å². The molecule has 0 spiro atoms. The lowest BCUT2D eigenvalue weighted by atomic mass is 10.0. The first-order valence-corrected chi connectivity index (χ1v) is 9.39. The van der Waals surface area contributed by atoms with Gasteiger partial charge in [-0.3, -0.25) is 4.98 Å². The molecule has 1 saturated heterocycles. The number of phenolic OH excluding ortho intramolecular Hbond substituents is 2. The van der Waals surface area contributed by atoms with Crippen LogP contribution in [0.3, 0.4) is 0 Å². The van der Waals surface area contributed by atoms with E-state index in [-0.39, 0.29) is 11.5 Å². The Morgan fingerprint density at radius 2 is 1.96 bits per heavy atom. The maximum absolute atomic E-state index is 9.97. The maximum Gasteiger partial charge on any atom is 0.159 e. The van der Waals surface area contributed by atoms with E-state index in [1.807, 2.05) is 0 Å². The van der Waals surface area contributed by atoms with Crippen LogP contribution >= 0.6 is 0 Å². The fourth-order valence-electron chi connectivity index (χ4n) is 4.16. The van der Waals surface area contributed by atoms with Crippen LogP contribution < -0.4 is 5.32 Å². The van der Waals surface area contributed by atoms with E-state index in [9.17, 15) is 10.2 Å². The Morgan fingerprint density at radius 1 is 1.19 bits per heavy atom. The molecule has 6 heteroatoms. The lowest BCUT2D eigenvalue weighted by Crippen LogP contribution is -2.39. The topological polar surface area (TPSA) is 92.4 Å². The molecular formula is C20H24N4O2. The number of benzene rings is 1. The zero-order valence-corrected chi connectivity index (χ0v) is 14.8. The van der Waals surface area contributed by atoms with E-state index < -0.39 is 0 Å². The summed E-state index contributed by atoms with van der Waals surface area (Å²) in [6, 6.07) is 5.77. The summed E-state index contributed by atoms with van der Waals surface area (Å²) in [5.41, 5.74) is 4.18. The molecule has 3 N–H and O–H groups in total. The number of fused-ring (bicyclic) bond motifs is 2. The van der Waals surface area contributed by atoms with Crippen molar-refractivity contribution in [2.75, 3.05) is 25.0 Å². The molecule has 136 valence electrons. The quantitative estimate of drug-likeness (QED) is 0.733. The lowest BCUT2D eigenvalue weighted by molar-refractivity contribution is 0.223. The predicted octanol–water partition coefficient (Wildman–Crippen LogP) is 2.92. The highest BCUT2D eigenvalue weighted by atomic mass is 16.3. The summed E-state index contributed by atoms with van der Waals surface area (Å²) in [5, 5.41) is 33.2. The molecule has 2 heterocycles. The number of nitrogens with zero attached hydrogens (tertiary/aromatic N) is 3. The SMILES string of the molecule is N#CCCN1CCC(Nc2c3c(nc4cc(O)c(O)cc24)CCC3)CC1. The van der Waals surface area contributed by atoms with Crippen LogP contribution in [0.4, 0.5) is 5.69 Å². The van der Waals surface area contributed by atoms with Crippen molar-refractivity contribution in [2.45, 2.75) is 44.6 Å². The second-order valence-electron chi connectivity index (χ2n) is 7.29. The Balaban J connectivity index is 1.60. The van der Waals surface area contributed by atoms with Gasteiger partial charge in [0.1, 0.15) is 0 Å². The van der Waals surface area contributed by atoms with E-state index in [1.54, 1.807) is 12.1 Å². The Hall–Kier alpha value is -2.52. The first kappa shape index (κ1) is 16.9. The van der Waals surface area contributed by atoms with E-state index in [1.165, 1.54) is 5.56 Å². The summed E-state index contributed by atoms with van der Waals surface area (Å²) >= 11 is 0. The molecule has 26 heavy (non-hydrogen) atoms. The first-order valence-electron chi connectivity index (χ1n) is 9.39. The minimum atomic E-state index is -0.125. The summed E-state index contributed by atoms with van der Waals surface area (Å²) in [7, 11) is 0. The molecule has 1 aromatic heterocycles. The highest BCUT2D eigenvalue weighted by Crippen LogP contribution is 2.39. The van der Waals surface area contributed by atoms with Crippen LogP contribution in [-0.4, -0.2) is 45.8 Å². The van der Waals surface area contributed by atoms with Crippen molar-refractivity contribution in [3.63, 3.8) is 0 Å². The number of likely N-dealkylation sites (tertiary alicyclic amines) is 1. The van der Waals surface area contributed by atoms with Crippen molar-refractivity contribution in [1.82, 2.24) is 9.88 Å². The van der Waals surface area contributed by atoms with Gasteiger partial charge in [0.15, 0.2) is 11.5 Å². The third-order valence-electron chi connectivity index (χ3n) is 5.58. The highest BCUT2D eigenvalue weighted by Gasteiger charge is 2.24. The summed E-state index contributed by atoms with van der Waals surface area (Å²) in [5.74, 6) is -0.230. The van der Waals surface area contributed by atoms with Gasteiger partial charge >= 0.3 is 0 Å². The zero-order chi connectivity index (χ0) is 18.1. The molecule has 1 fully saturated rings. The van der Waals surface area contributed by atoms with Gasteiger partial charge in [-0.05, 0) is 43.7 Å². The molecule has 0 saturated carbocycles.